The molecular formula is C27H23ClF2N4O5. The average Bonchev–Trinajstić information content (AvgIpc) is 2.92. The van der Waals surface area contributed by atoms with Gasteiger partial charge >= 0.3 is 0 Å². The first kappa shape index (κ1) is 27.6. The Bertz CT molecular complexity index is 1550. The Kier molecular flexibility index (Phi) is 8.74. The van der Waals surface area contributed by atoms with Crippen molar-refractivity contribution in [2.24, 2.45) is 0 Å². The summed E-state index contributed by atoms with van der Waals surface area (Å²) in [6.45, 7) is 0.402. The summed E-state index contributed by atoms with van der Waals surface area (Å²) < 4.78 is 45.4. The van der Waals surface area contributed by atoms with Crippen LogP contribution in [0.4, 0.5) is 14.6 Å². The molecule has 1 amide bonds. The number of nitrogen functional groups attached to an aromatic ring is 1. The van der Waals surface area contributed by atoms with Gasteiger partial charge in [0.25, 0.3) is 11.5 Å². The van der Waals surface area contributed by atoms with Crippen molar-refractivity contribution in [3.8, 4) is 22.9 Å². The number of benzene rings is 2. The topological polar surface area (TPSA) is 118 Å². The molecule has 12 heteroatoms. The Balaban J connectivity index is 1.63. The van der Waals surface area contributed by atoms with E-state index in [0.29, 0.717) is 5.56 Å². The van der Waals surface area contributed by atoms with Crippen molar-refractivity contribution in [3.63, 3.8) is 0 Å². The van der Waals surface area contributed by atoms with Crippen molar-refractivity contribution >= 4 is 23.3 Å². The minimum absolute atomic E-state index is 0.0209. The van der Waals surface area contributed by atoms with Crippen molar-refractivity contribution in [3.05, 3.63) is 105 Å². The van der Waals surface area contributed by atoms with E-state index in [-0.39, 0.29) is 59.1 Å². The molecule has 0 spiro atoms. The van der Waals surface area contributed by atoms with Gasteiger partial charge in [-0.15, -0.1) is 0 Å². The minimum Gasteiger partial charge on any atom is -0.490 e. The van der Waals surface area contributed by atoms with E-state index in [1.54, 1.807) is 0 Å². The van der Waals surface area contributed by atoms with Gasteiger partial charge in [-0.2, -0.15) is 0 Å². The molecule has 0 saturated heterocycles. The van der Waals surface area contributed by atoms with Crippen LogP contribution in [0.3, 0.4) is 0 Å². The van der Waals surface area contributed by atoms with E-state index in [2.05, 4.69) is 10.3 Å². The fraction of sp³-hybridized carbons (Fsp3) is 0.148. The van der Waals surface area contributed by atoms with Crippen LogP contribution in [0, 0.1) is 11.6 Å². The number of nitrogens with one attached hydrogen (secondary N) is 1. The van der Waals surface area contributed by atoms with E-state index in [4.69, 9.17) is 31.5 Å². The Labute approximate surface area is 226 Å². The number of pyridine rings is 2. The van der Waals surface area contributed by atoms with E-state index < -0.39 is 23.1 Å². The number of ether oxygens (including phenoxy) is 3. The molecule has 2 aromatic carbocycles. The number of carbonyl (C=O) groups excluding carboxylic acids is 1. The van der Waals surface area contributed by atoms with Gasteiger partial charge in [-0.25, -0.2) is 13.8 Å². The largest absolute Gasteiger partial charge is 0.490 e. The van der Waals surface area contributed by atoms with E-state index in [0.717, 1.165) is 16.7 Å². The zero-order valence-electron chi connectivity index (χ0n) is 20.6. The predicted molar refractivity (Wildman–Crippen MR) is 141 cm³/mol. The Morgan fingerprint density at radius 2 is 1.82 bits per heavy atom. The van der Waals surface area contributed by atoms with Crippen LogP contribution in [0.5, 0.6) is 17.2 Å². The summed E-state index contributed by atoms with van der Waals surface area (Å²) in [6, 6.07) is 12.0. The summed E-state index contributed by atoms with van der Waals surface area (Å²) >= 11 is 6.07. The number of hydrogen-bond donors (Lipinski definition) is 2. The second kappa shape index (κ2) is 12.4. The summed E-state index contributed by atoms with van der Waals surface area (Å²) in [5, 5.41) is 2.74. The fourth-order valence-corrected chi connectivity index (χ4v) is 3.63. The second-order valence-electron chi connectivity index (χ2n) is 8.14. The van der Waals surface area contributed by atoms with E-state index in [1.807, 2.05) is 0 Å². The maximum absolute atomic E-state index is 15.0. The first-order valence-electron chi connectivity index (χ1n) is 11.6. The molecule has 4 rings (SSSR count). The lowest BCUT2D eigenvalue weighted by Gasteiger charge is -2.15. The van der Waals surface area contributed by atoms with Gasteiger partial charge in [0.05, 0.1) is 17.9 Å². The highest BCUT2D eigenvalue weighted by Crippen LogP contribution is 2.33. The third kappa shape index (κ3) is 6.70. The molecular weight excluding hydrogens is 534 g/mol. The molecule has 3 N–H and O–H groups in total. The van der Waals surface area contributed by atoms with Crippen LogP contribution in [0.15, 0.2) is 71.8 Å². The van der Waals surface area contributed by atoms with Crippen molar-refractivity contribution in [2.45, 2.75) is 6.54 Å². The summed E-state index contributed by atoms with van der Waals surface area (Å²) in [4.78, 5) is 29.8. The van der Waals surface area contributed by atoms with E-state index >= 15 is 0 Å². The number of carbonyl (C=O) groups is 1. The number of nitrogens with zero attached hydrogens (tertiary/aromatic N) is 2. The van der Waals surface area contributed by atoms with Crippen LogP contribution < -0.4 is 26.1 Å². The monoisotopic (exact) mass is 556 g/mol. The van der Waals surface area contributed by atoms with Crippen LogP contribution in [-0.4, -0.2) is 35.8 Å². The van der Waals surface area contributed by atoms with Crippen molar-refractivity contribution in [1.82, 2.24) is 14.9 Å². The predicted octanol–water partition coefficient (Wildman–Crippen LogP) is 4.49. The molecule has 0 fully saturated rings. The Morgan fingerprint density at radius 1 is 1.05 bits per heavy atom. The number of hydrogen-bond acceptors (Lipinski definition) is 7. The number of methoxy groups -OCH3 is 1. The van der Waals surface area contributed by atoms with Crippen LogP contribution in [0.1, 0.15) is 15.9 Å². The SMILES string of the molecule is COCCOc1cc(=O)n(-c2ccc(Oc3ccnc(N)c3Cl)c(F)c2)cc1C(=O)NCc1ccc(F)cc1. The summed E-state index contributed by atoms with van der Waals surface area (Å²) in [5.74, 6) is -1.78. The van der Waals surface area contributed by atoms with Gasteiger partial charge in [0.2, 0.25) is 0 Å². The first-order valence-corrected chi connectivity index (χ1v) is 11.9. The lowest BCUT2D eigenvalue weighted by atomic mass is 10.2. The minimum atomic E-state index is -0.798. The van der Waals surface area contributed by atoms with Gasteiger partial charge in [-0.1, -0.05) is 23.7 Å². The maximum Gasteiger partial charge on any atom is 0.258 e. The number of halogens is 3. The molecule has 0 saturated carbocycles. The van der Waals surface area contributed by atoms with Gasteiger partial charge in [0.15, 0.2) is 17.3 Å². The Hall–Kier alpha value is -4.48. The maximum atomic E-state index is 15.0. The zero-order valence-corrected chi connectivity index (χ0v) is 21.4. The number of nitrogens with two attached hydrogens (primary N) is 1. The smallest absolute Gasteiger partial charge is 0.258 e. The molecule has 2 heterocycles. The van der Waals surface area contributed by atoms with E-state index in [1.165, 1.54) is 62.0 Å². The lowest BCUT2D eigenvalue weighted by molar-refractivity contribution is 0.0942. The Morgan fingerprint density at radius 3 is 2.54 bits per heavy atom. The second-order valence-corrected chi connectivity index (χ2v) is 8.51. The number of aromatic nitrogens is 2. The van der Waals surface area contributed by atoms with E-state index in [9.17, 15) is 18.4 Å². The van der Waals surface area contributed by atoms with Gasteiger partial charge in [0.1, 0.15) is 29.0 Å². The fourth-order valence-electron chi connectivity index (χ4n) is 3.48. The molecule has 4 aromatic rings. The zero-order chi connectivity index (χ0) is 27.9. The number of anilines is 1. The molecule has 0 aliphatic heterocycles. The molecule has 2 aromatic heterocycles. The standard InChI is InChI=1S/C27H23ClF2N4O5/c1-37-10-11-38-23-13-24(35)34(15-19(23)27(36)33-14-16-2-4-17(29)5-3-16)18-6-7-21(20(30)12-18)39-22-8-9-32-26(31)25(22)28/h2-9,12-13,15H,10-11,14H2,1H3,(H2,31,32)(H,33,36). The molecule has 0 unspecified atom stereocenters. The summed E-state index contributed by atoms with van der Waals surface area (Å²) in [5.41, 5.74) is 5.89. The lowest BCUT2D eigenvalue weighted by Crippen LogP contribution is -2.27. The quantitative estimate of drug-likeness (QED) is 0.276. The molecule has 0 radical (unpaired) electrons. The summed E-state index contributed by atoms with van der Waals surface area (Å²) in [7, 11) is 1.48. The van der Waals surface area contributed by atoms with Crippen molar-refractivity contribution in [2.75, 3.05) is 26.1 Å². The van der Waals surface area contributed by atoms with Gasteiger partial charge < -0.3 is 25.3 Å². The van der Waals surface area contributed by atoms with Crippen LogP contribution in [0.2, 0.25) is 5.02 Å². The molecule has 0 bridgehead atoms. The highest BCUT2D eigenvalue weighted by Gasteiger charge is 2.18. The third-order valence-corrected chi connectivity index (χ3v) is 5.85. The van der Waals surface area contributed by atoms with Gasteiger partial charge in [-0.05, 0) is 29.8 Å². The van der Waals surface area contributed by atoms with Crippen molar-refractivity contribution in [1.29, 1.82) is 0 Å². The highest BCUT2D eigenvalue weighted by molar-refractivity contribution is 6.34. The molecule has 0 aliphatic rings. The highest BCUT2D eigenvalue weighted by atomic mass is 35.5. The summed E-state index contributed by atoms with van der Waals surface area (Å²) in [6.07, 6.45) is 2.61. The molecule has 9 nitrogen and oxygen atoms in total. The van der Waals surface area contributed by atoms with Crippen LogP contribution in [0.25, 0.3) is 5.69 Å². The van der Waals surface area contributed by atoms with Gasteiger partial charge in [-0.3, -0.25) is 14.2 Å². The molecule has 0 atom stereocenters. The number of amides is 1. The first-order chi connectivity index (χ1) is 18.8. The van der Waals surface area contributed by atoms with Crippen LogP contribution in [-0.2, 0) is 11.3 Å². The number of rotatable bonds is 10. The average molecular weight is 557 g/mol. The van der Waals surface area contributed by atoms with Crippen LogP contribution >= 0.6 is 11.6 Å². The molecule has 0 aliphatic carbocycles. The normalized spacial score (nSPS) is 10.8. The van der Waals surface area contributed by atoms with Gasteiger partial charge in [0, 0.05) is 44.2 Å². The molecule has 202 valence electrons. The van der Waals surface area contributed by atoms with Crippen molar-refractivity contribution < 1.29 is 27.8 Å². The third-order valence-electron chi connectivity index (χ3n) is 5.47. The molecule has 39 heavy (non-hydrogen) atoms.